The van der Waals surface area contributed by atoms with E-state index in [4.69, 9.17) is 20.8 Å². The fraction of sp³-hybridized carbons (Fsp3) is 0.333. The summed E-state index contributed by atoms with van der Waals surface area (Å²) in [7, 11) is 0. The average molecular weight is 426 g/mol. The standard InChI is InChI=1S/C24H24ClNO4/c1-16-23(17-6-8-18(25)9-7-17)24(28)20-11-10-19(14-21(20)30-16)29-15-22(27)26-12-4-2-3-5-13-26/h6-11,14H,2-5,12-13,15H2,1H3. The minimum Gasteiger partial charge on any atom is -0.484 e. The quantitative estimate of drug-likeness (QED) is 0.576. The number of hydrogen-bond acceptors (Lipinski definition) is 4. The number of carbonyl (C=O) groups excluding carboxylic acids is 1. The fourth-order valence-corrected chi connectivity index (χ4v) is 4.01. The molecule has 0 radical (unpaired) electrons. The Balaban J connectivity index is 1.56. The number of likely N-dealkylation sites (tertiary alicyclic amines) is 1. The average Bonchev–Trinajstić information content (AvgIpc) is 3.03. The Morgan fingerprint density at radius 1 is 1.07 bits per heavy atom. The molecule has 0 unspecified atom stereocenters. The van der Waals surface area contributed by atoms with E-state index in [2.05, 4.69) is 0 Å². The van der Waals surface area contributed by atoms with Crippen molar-refractivity contribution in [3.05, 3.63) is 63.5 Å². The summed E-state index contributed by atoms with van der Waals surface area (Å²) in [6, 6.07) is 12.2. The predicted octanol–water partition coefficient (Wildman–Crippen LogP) is 5.20. The van der Waals surface area contributed by atoms with Crippen molar-refractivity contribution in [1.82, 2.24) is 4.90 Å². The molecule has 1 amide bonds. The monoisotopic (exact) mass is 425 g/mol. The molecule has 0 bridgehead atoms. The van der Waals surface area contributed by atoms with Gasteiger partial charge in [0.15, 0.2) is 6.61 Å². The molecular formula is C24H24ClNO4. The van der Waals surface area contributed by atoms with Gasteiger partial charge in [0, 0.05) is 24.2 Å². The number of carbonyl (C=O) groups is 1. The molecule has 1 saturated heterocycles. The highest BCUT2D eigenvalue weighted by Gasteiger charge is 2.17. The van der Waals surface area contributed by atoms with Crippen molar-refractivity contribution < 1.29 is 13.9 Å². The Morgan fingerprint density at radius 3 is 2.47 bits per heavy atom. The van der Waals surface area contributed by atoms with Crippen LogP contribution in [-0.2, 0) is 4.79 Å². The van der Waals surface area contributed by atoms with Gasteiger partial charge in [-0.05, 0) is 49.6 Å². The highest BCUT2D eigenvalue weighted by molar-refractivity contribution is 6.30. The SMILES string of the molecule is Cc1oc2cc(OCC(=O)N3CCCCCC3)ccc2c(=O)c1-c1ccc(Cl)cc1. The third kappa shape index (κ3) is 4.36. The van der Waals surface area contributed by atoms with Crippen molar-refractivity contribution in [2.45, 2.75) is 32.6 Å². The van der Waals surface area contributed by atoms with Crippen molar-refractivity contribution in [3.8, 4) is 16.9 Å². The van der Waals surface area contributed by atoms with Crippen molar-refractivity contribution in [3.63, 3.8) is 0 Å². The zero-order valence-corrected chi connectivity index (χ0v) is 17.7. The number of nitrogens with zero attached hydrogens (tertiary/aromatic N) is 1. The van der Waals surface area contributed by atoms with Gasteiger partial charge in [0.1, 0.15) is 17.1 Å². The summed E-state index contributed by atoms with van der Waals surface area (Å²) < 4.78 is 11.6. The molecule has 30 heavy (non-hydrogen) atoms. The number of rotatable bonds is 4. The lowest BCUT2D eigenvalue weighted by Gasteiger charge is -2.20. The molecule has 0 saturated carbocycles. The van der Waals surface area contributed by atoms with E-state index in [9.17, 15) is 9.59 Å². The number of hydrogen-bond donors (Lipinski definition) is 0. The molecule has 1 aromatic heterocycles. The number of benzene rings is 2. The van der Waals surface area contributed by atoms with Crippen LogP contribution < -0.4 is 10.2 Å². The van der Waals surface area contributed by atoms with E-state index in [0.29, 0.717) is 33.1 Å². The van der Waals surface area contributed by atoms with Crippen LogP contribution in [0.2, 0.25) is 5.02 Å². The maximum Gasteiger partial charge on any atom is 0.260 e. The summed E-state index contributed by atoms with van der Waals surface area (Å²) in [4.78, 5) is 27.4. The molecule has 4 rings (SSSR count). The van der Waals surface area contributed by atoms with Gasteiger partial charge in [0.05, 0.1) is 10.9 Å². The van der Waals surface area contributed by atoms with E-state index >= 15 is 0 Å². The molecule has 6 heteroatoms. The first-order chi connectivity index (χ1) is 14.5. The van der Waals surface area contributed by atoms with Gasteiger partial charge < -0.3 is 14.1 Å². The maximum absolute atomic E-state index is 13.1. The van der Waals surface area contributed by atoms with E-state index < -0.39 is 0 Å². The van der Waals surface area contributed by atoms with Crippen molar-refractivity contribution in [2.75, 3.05) is 19.7 Å². The van der Waals surface area contributed by atoms with Gasteiger partial charge in [0.2, 0.25) is 5.43 Å². The summed E-state index contributed by atoms with van der Waals surface area (Å²) in [5.74, 6) is 1.02. The van der Waals surface area contributed by atoms with Crippen molar-refractivity contribution in [1.29, 1.82) is 0 Å². The Kier molecular flexibility index (Phi) is 6.09. The summed E-state index contributed by atoms with van der Waals surface area (Å²) in [6.45, 7) is 3.33. The smallest absolute Gasteiger partial charge is 0.260 e. The Hall–Kier alpha value is -2.79. The van der Waals surface area contributed by atoms with Crippen LogP contribution in [0.1, 0.15) is 31.4 Å². The van der Waals surface area contributed by atoms with Gasteiger partial charge in [-0.2, -0.15) is 0 Å². The lowest BCUT2D eigenvalue weighted by molar-refractivity contribution is -0.133. The summed E-state index contributed by atoms with van der Waals surface area (Å²) >= 11 is 5.96. The molecule has 0 atom stereocenters. The molecule has 0 N–H and O–H groups in total. The van der Waals surface area contributed by atoms with Gasteiger partial charge in [-0.3, -0.25) is 9.59 Å². The first-order valence-corrected chi connectivity index (χ1v) is 10.6. The molecule has 1 aliphatic heterocycles. The second-order valence-electron chi connectivity index (χ2n) is 7.61. The van der Waals surface area contributed by atoms with Crippen LogP contribution in [0.3, 0.4) is 0 Å². The summed E-state index contributed by atoms with van der Waals surface area (Å²) in [5, 5.41) is 1.08. The molecule has 0 aliphatic carbocycles. The summed E-state index contributed by atoms with van der Waals surface area (Å²) in [5.41, 5.74) is 1.61. The van der Waals surface area contributed by atoms with Crippen molar-refractivity contribution in [2.24, 2.45) is 0 Å². The molecular weight excluding hydrogens is 402 g/mol. The third-order valence-corrected chi connectivity index (χ3v) is 5.75. The van der Waals surface area contributed by atoms with Crippen LogP contribution in [0.4, 0.5) is 0 Å². The van der Waals surface area contributed by atoms with Gasteiger partial charge in [-0.25, -0.2) is 0 Å². The van der Waals surface area contributed by atoms with Crippen molar-refractivity contribution >= 4 is 28.5 Å². The molecule has 156 valence electrons. The Bertz CT molecular complexity index is 1110. The molecule has 5 nitrogen and oxygen atoms in total. The maximum atomic E-state index is 13.1. The normalized spacial score (nSPS) is 14.5. The van der Waals surface area contributed by atoms with Gasteiger partial charge >= 0.3 is 0 Å². The molecule has 2 heterocycles. The topological polar surface area (TPSA) is 59.8 Å². The van der Waals surface area contributed by atoms with Crippen LogP contribution in [-0.4, -0.2) is 30.5 Å². The third-order valence-electron chi connectivity index (χ3n) is 5.49. The second-order valence-corrected chi connectivity index (χ2v) is 8.05. The largest absolute Gasteiger partial charge is 0.484 e. The second kappa shape index (κ2) is 8.92. The Morgan fingerprint density at radius 2 is 1.77 bits per heavy atom. The zero-order chi connectivity index (χ0) is 21.1. The predicted molar refractivity (Wildman–Crippen MR) is 118 cm³/mol. The van der Waals surface area contributed by atoms with Crippen LogP contribution in [0, 0.1) is 6.92 Å². The number of amides is 1. The molecule has 1 fully saturated rings. The van der Waals surface area contributed by atoms with Crippen LogP contribution >= 0.6 is 11.6 Å². The highest BCUT2D eigenvalue weighted by Crippen LogP contribution is 2.27. The van der Waals surface area contributed by atoms with Crippen LogP contribution in [0.25, 0.3) is 22.1 Å². The number of ether oxygens (including phenoxy) is 1. The van der Waals surface area contributed by atoms with E-state index in [1.165, 1.54) is 12.8 Å². The lowest BCUT2D eigenvalue weighted by Crippen LogP contribution is -2.35. The Labute approximate surface area is 180 Å². The first kappa shape index (κ1) is 20.5. The van der Waals surface area contributed by atoms with Gasteiger partial charge in [-0.1, -0.05) is 36.6 Å². The van der Waals surface area contributed by atoms with E-state index in [1.807, 2.05) is 4.90 Å². The van der Waals surface area contributed by atoms with Gasteiger partial charge in [0.25, 0.3) is 5.91 Å². The lowest BCUT2D eigenvalue weighted by atomic mass is 10.0. The number of halogens is 1. The van der Waals surface area contributed by atoms with Gasteiger partial charge in [-0.15, -0.1) is 0 Å². The van der Waals surface area contributed by atoms with Crippen LogP contribution in [0.15, 0.2) is 51.7 Å². The molecule has 2 aromatic carbocycles. The first-order valence-electron chi connectivity index (χ1n) is 10.3. The van der Waals surface area contributed by atoms with E-state index in [1.54, 1.807) is 49.4 Å². The molecule has 0 spiro atoms. The number of fused-ring (bicyclic) bond motifs is 1. The number of aryl methyl sites for hydroxylation is 1. The molecule has 1 aliphatic rings. The van der Waals surface area contributed by atoms with E-state index in [0.717, 1.165) is 31.5 Å². The van der Waals surface area contributed by atoms with Crippen LogP contribution in [0.5, 0.6) is 5.75 Å². The summed E-state index contributed by atoms with van der Waals surface area (Å²) in [6.07, 6.45) is 4.43. The highest BCUT2D eigenvalue weighted by atomic mass is 35.5. The minimum atomic E-state index is -0.108. The minimum absolute atomic E-state index is 0.00674. The zero-order valence-electron chi connectivity index (χ0n) is 16.9. The molecule has 3 aromatic rings. The van der Waals surface area contributed by atoms with E-state index in [-0.39, 0.29) is 17.9 Å². The fourth-order valence-electron chi connectivity index (χ4n) is 3.88.